The van der Waals surface area contributed by atoms with Crippen LogP contribution in [0.2, 0.25) is 0 Å². The van der Waals surface area contributed by atoms with Gasteiger partial charge in [-0.2, -0.15) is 0 Å². The van der Waals surface area contributed by atoms with E-state index in [0.717, 1.165) is 24.6 Å². The quantitative estimate of drug-likeness (QED) is 0.681. The Hall–Kier alpha value is -1.59. The number of benzene rings is 1. The highest BCUT2D eigenvalue weighted by atomic mass is 35.5. The SMILES string of the molecule is CCc1cccc(NC(=O)CNC(=O)CNCC2CC2)c1.Cl. The molecule has 0 aliphatic heterocycles. The van der Waals surface area contributed by atoms with Crippen LogP contribution in [-0.4, -0.2) is 31.4 Å². The van der Waals surface area contributed by atoms with Gasteiger partial charge in [-0.3, -0.25) is 9.59 Å². The first-order chi connectivity index (χ1) is 10.2. The average molecular weight is 326 g/mol. The van der Waals surface area contributed by atoms with Gasteiger partial charge < -0.3 is 16.0 Å². The normalized spacial score (nSPS) is 13.1. The minimum absolute atomic E-state index is 0. The van der Waals surface area contributed by atoms with Gasteiger partial charge in [-0.25, -0.2) is 0 Å². The van der Waals surface area contributed by atoms with Gasteiger partial charge >= 0.3 is 0 Å². The molecule has 0 unspecified atom stereocenters. The number of rotatable bonds is 8. The number of anilines is 1. The molecule has 1 aromatic rings. The van der Waals surface area contributed by atoms with Crippen molar-refractivity contribution in [2.24, 2.45) is 5.92 Å². The van der Waals surface area contributed by atoms with Gasteiger partial charge in [-0.05, 0) is 49.4 Å². The molecule has 2 amide bonds. The molecule has 6 heteroatoms. The van der Waals surface area contributed by atoms with Gasteiger partial charge in [0, 0.05) is 5.69 Å². The molecule has 0 spiro atoms. The lowest BCUT2D eigenvalue weighted by Gasteiger charge is -2.08. The fraction of sp³-hybridized carbons (Fsp3) is 0.500. The molecular weight excluding hydrogens is 302 g/mol. The second kappa shape index (κ2) is 9.43. The summed E-state index contributed by atoms with van der Waals surface area (Å²) in [6, 6.07) is 7.71. The number of aryl methyl sites for hydroxylation is 1. The predicted molar refractivity (Wildman–Crippen MR) is 90.3 cm³/mol. The van der Waals surface area contributed by atoms with Crippen molar-refractivity contribution < 1.29 is 9.59 Å². The van der Waals surface area contributed by atoms with E-state index in [9.17, 15) is 9.59 Å². The van der Waals surface area contributed by atoms with Gasteiger partial charge in [-0.1, -0.05) is 19.1 Å². The molecule has 122 valence electrons. The molecule has 2 rings (SSSR count). The third kappa shape index (κ3) is 6.91. The predicted octanol–water partition coefficient (Wildman–Crippen LogP) is 1.73. The minimum atomic E-state index is -0.209. The number of hydrogen-bond donors (Lipinski definition) is 3. The third-order valence-corrected chi connectivity index (χ3v) is 3.48. The topological polar surface area (TPSA) is 70.2 Å². The van der Waals surface area contributed by atoms with Gasteiger partial charge in [0.25, 0.3) is 0 Å². The van der Waals surface area contributed by atoms with Gasteiger partial charge in [-0.15, -0.1) is 12.4 Å². The molecule has 5 nitrogen and oxygen atoms in total. The molecule has 1 saturated carbocycles. The van der Waals surface area contributed by atoms with E-state index < -0.39 is 0 Å². The second-order valence-electron chi connectivity index (χ2n) is 5.45. The van der Waals surface area contributed by atoms with E-state index in [1.165, 1.54) is 18.4 Å². The van der Waals surface area contributed by atoms with E-state index >= 15 is 0 Å². The summed E-state index contributed by atoms with van der Waals surface area (Å²) in [5, 5.41) is 8.49. The van der Waals surface area contributed by atoms with Crippen LogP contribution in [0.15, 0.2) is 24.3 Å². The molecular formula is C16H24ClN3O2. The van der Waals surface area contributed by atoms with Gasteiger partial charge in [0.05, 0.1) is 13.1 Å². The zero-order valence-electron chi connectivity index (χ0n) is 12.9. The Bertz CT molecular complexity index is 504. The van der Waals surface area contributed by atoms with Crippen molar-refractivity contribution >= 4 is 29.9 Å². The van der Waals surface area contributed by atoms with Crippen LogP contribution in [0.3, 0.4) is 0 Å². The fourth-order valence-corrected chi connectivity index (χ4v) is 2.03. The molecule has 22 heavy (non-hydrogen) atoms. The Kier molecular flexibility index (Phi) is 7.91. The Morgan fingerprint density at radius 3 is 2.64 bits per heavy atom. The molecule has 1 aliphatic rings. The van der Waals surface area contributed by atoms with Gasteiger partial charge in [0.15, 0.2) is 0 Å². The van der Waals surface area contributed by atoms with Crippen molar-refractivity contribution in [3.63, 3.8) is 0 Å². The van der Waals surface area contributed by atoms with E-state index in [2.05, 4.69) is 22.9 Å². The smallest absolute Gasteiger partial charge is 0.243 e. The first-order valence-electron chi connectivity index (χ1n) is 7.53. The Morgan fingerprint density at radius 1 is 1.18 bits per heavy atom. The van der Waals surface area contributed by atoms with Crippen LogP contribution in [0.1, 0.15) is 25.3 Å². The highest BCUT2D eigenvalue weighted by Crippen LogP contribution is 2.27. The highest BCUT2D eigenvalue weighted by molar-refractivity contribution is 5.94. The van der Waals surface area contributed by atoms with Crippen molar-refractivity contribution in [1.82, 2.24) is 10.6 Å². The summed E-state index contributed by atoms with van der Waals surface area (Å²) in [4.78, 5) is 23.3. The maximum Gasteiger partial charge on any atom is 0.243 e. The van der Waals surface area contributed by atoms with E-state index in [1.807, 2.05) is 24.3 Å². The Balaban J connectivity index is 0.00000242. The highest BCUT2D eigenvalue weighted by Gasteiger charge is 2.20. The van der Waals surface area contributed by atoms with Crippen LogP contribution in [0.25, 0.3) is 0 Å². The number of carbonyl (C=O) groups excluding carboxylic acids is 2. The van der Waals surface area contributed by atoms with Crippen molar-refractivity contribution in [1.29, 1.82) is 0 Å². The van der Waals surface area contributed by atoms with Crippen LogP contribution in [-0.2, 0) is 16.0 Å². The van der Waals surface area contributed by atoms with Gasteiger partial charge in [0.2, 0.25) is 11.8 Å². The van der Waals surface area contributed by atoms with Crippen LogP contribution in [0.5, 0.6) is 0 Å². The maximum absolute atomic E-state index is 11.8. The number of carbonyl (C=O) groups is 2. The molecule has 0 aromatic heterocycles. The van der Waals surface area contributed by atoms with E-state index in [0.29, 0.717) is 0 Å². The fourth-order valence-electron chi connectivity index (χ4n) is 2.03. The van der Waals surface area contributed by atoms with Crippen molar-refractivity contribution in [2.75, 3.05) is 25.0 Å². The molecule has 0 radical (unpaired) electrons. The molecule has 3 N–H and O–H groups in total. The summed E-state index contributed by atoms with van der Waals surface area (Å²) < 4.78 is 0. The molecule has 0 atom stereocenters. The van der Waals surface area contributed by atoms with Crippen molar-refractivity contribution in [3.05, 3.63) is 29.8 Å². The molecule has 0 bridgehead atoms. The lowest BCUT2D eigenvalue weighted by Crippen LogP contribution is -2.38. The summed E-state index contributed by atoms with van der Waals surface area (Å²) in [5.41, 5.74) is 1.93. The summed E-state index contributed by atoms with van der Waals surface area (Å²) in [6.07, 6.45) is 3.44. The number of nitrogens with one attached hydrogen (secondary N) is 3. The van der Waals surface area contributed by atoms with Crippen LogP contribution in [0.4, 0.5) is 5.69 Å². The number of halogens is 1. The lowest BCUT2D eigenvalue weighted by molar-refractivity contribution is -0.123. The Labute approximate surface area is 137 Å². The minimum Gasteiger partial charge on any atom is -0.346 e. The zero-order valence-corrected chi connectivity index (χ0v) is 13.7. The summed E-state index contributed by atoms with van der Waals surface area (Å²) >= 11 is 0. The van der Waals surface area contributed by atoms with E-state index in [-0.39, 0.29) is 37.3 Å². The first-order valence-corrected chi connectivity index (χ1v) is 7.53. The molecule has 1 fully saturated rings. The van der Waals surface area contributed by atoms with E-state index in [1.54, 1.807) is 0 Å². The monoisotopic (exact) mass is 325 g/mol. The summed E-state index contributed by atoms with van der Waals surface area (Å²) in [5.74, 6) is 0.388. The number of hydrogen-bond acceptors (Lipinski definition) is 3. The molecule has 1 aliphatic carbocycles. The maximum atomic E-state index is 11.8. The van der Waals surface area contributed by atoms with Gasteiger partial charge in [0.1, 0.15) is 0 Å². The van der Waals surface area contributed by atoms with Crippen LogP contribution >= 0.6 is 12.4 Å². The van der Waals surface area contributed by atoms with Crippen molar-refractivity contribution in [3.8, 4) is 0 Å². The standard InChI is InChI=1S/C16H23N3O2.ClH/c1-2-12-4-3-5-14(8-12)19-16(21)11-18-15(20)10-17-9-13-6-7-13;/h3-5,8,13,17H,2,6-7,9-11H2,1H3,(H,18,20)(H,19,21);1H. The van der Waals surface area contributed by atoms with Crippen LogP contribution < -0.4 is 16.0 Å². The van der Waals surface area contributed by atoms with Crippen molar-refractivity contribution in [2.45, 2.75) is 26.2 Å². The third-order valence-electron chi connectivity index (χ3n) is 3.48. The largest absolute Gasteiger partial charge is 0.346 e. The Morgan fingerprint density at radius 2 is 1.95 bits per heavy atom. The average Bonchev–Trinajstić information content (AvgIpc) is 3.29. The molecule has 0 saturated heterocycles. The number of amides is 2. The van der Waals surface area contributed by atoms with Crippen LogP contribution in [0, 0.1) is 5.92 Å². The molecule has 0 heterocycles. The molecule has 1 aromatic carbocycles. The second-order valence-corrected chi connectivity index (χ2v) is 5.45. The summed E-state index contributed by atoms with van der Waals surface area (Å²) in [7, 11) is 0. The first kappa shape index (κ1) is 18.5. The van der Waals surface area contributed by atoms with E-state index in [4.69, 9.17) is 0 Å². The zero-order chi connectivity index (χ0) is 15.1. The lowest BCUT2D eigenvalue weighted by atomic mass is 10.1. The summed E-state index contributed by atoms with van der Waals surface area (Å²) in [6.45, 7) is 3.23.